The molecular formula is C51H120N4O10Si6. The van der Waals surface area contributed by atoms with E-state index in [1.807, 2.05) is 0 Å². The van der Waals surface area contributed by atoms with Crippen LogP contribution in [0.2, 0.25) is 97.7 Å². The minimum absolute atomic E-state index is 0. The molecule has 3 aliphatic heterocycles. The van der Waals surface area contributed by atoms with E-state index in [9.17, 15) is 5.11 Å². The second-order valence-corrected chi connectivity index (χ2v) is 53.7. The van der Waals surface area contributed by atoms with Crippen LogP contribution in [0.1, 0.15) is 103 Å². The van der Waals surface area contributed by atoms with Gasteiger partial charge in [-0.1, -0.05) is 90.5 Å². The molecule has 0 spiro atoms. The van der Waals surface area contributed by atoms with Crippen molar-refractivity contribution in [2.24, 2.45) is 0 Å². The second-order valence-electron chi connectivity index (χ2n) is 26.9. The summed E-state index contributed by atoms with van der Waals surface area (Å²) in [6, 6.07) is 1.91. The van der Waals surface area contributed by atoms with Gasteiger partial charge in [-0.05, 0) is 111 Å². The van der Waals surface area contributed by atoms with Crippen molar-refractivity contribution < 1.29 is 46.0 Å². The van der Waals surface area contributed by atoms with Gasteiger partial charge in [0.15, 0.2) is 33.3 Å². The number of aliphatic hydroxyl groups excluding tert-OH is 3. The summed E-state index contributed by atoms with van der Waals surface area (Å²) < 4.78 is 44.9. The fourth-order valence-corrected chi connectivity index (χ4v) is 33.8. The second kappa shape index (κ2) is 30.8. The molecule has 2 atom stereocenters. The van der Waals surface area contributed by atoms with Crippen LogP contribution in [0.15, 0.2) is 0 Å². The first-order chi connectivity index (χ1) is 31.7. The van der Waals surface area contributed by atoms with Gasteiger partial charge in [0.2, 0.25) is 0 Å². The topological polar surface area (TPSA) is 150 Å². The summed E-state index contributed by atoms with van der Waals surface area (Å²) in [5, 5.41) is 32.0. The number of epoxide rings is 1. The van der Waals surface area contributed by atoms with E-state index in [0.29, 0.717) is 32.5 Å². The van der Waals surface area contributed by atoms with Crippen LogP contribution in [-0.2, 0) is 30.7 Å². The third-order valence-corrected chi connectivity index (χ3v) is 48.0. The Kier molecular flexibility index (Phi) is 31.1. The molecule has 0 aromatic heterocycles. The Labute approximate surface area is 445 Å². The average Bonchev–Trinajstić information content (AvgIpc) is 4.01. The monoisotopic (exact) mass is 1120 g/mol. The van der Waals surface area contributed by atoms with E-state index in [2.05, 4.69) is 169 Å². The van der Waals surface area contributed by atoms with E-state index in [0.717, 1.165) is 110 Å². The Bertz CT molecular complexity index is 1370. The number of ether oxygens (including phenoxy) is 3. The number of rotatable bonds is 26. The van der Waals surface area contributed by atoms with Gasteiger partial charge in [0.05, 0.1) is 39.1 Å². The molecule has 0 aromatic rings. The van der Waals surface area contributed by atoms with E-state index < -0.39 is 56.5 Å². The van der Waals surface area contributed by atoms with Gasteiger partial charge in [-0.3, -0.25) is 14.7 Å². The first-order valence-electron chi connectivity index (χ1n) is 27.1. The minimum Gasteiger partial charge on any atom is -0.436 e. The quantitative estimate of drug-likeness (QED) is 0.0370. The lowest BCUT2D eigenvalue weighted by Crippen LogP contribution is -2.58. The highest BCUT2D eigenvalue weighted by Gasteiger charge is 2.51. The summed E-state index contributed by atoms with van der Waals surface area (Å²) in [7, 11) is -12.4. The van der Waals surface area contributed by atoms with E-state index in [1.165, 1.54) is 0 Å². The van der Waals surface area contributed by atoms with Crippen LogP contribution in [0.25, 0.3) is 0 Å². The number of nitrogens with zero attached hydrogens (tertiary/aromatic N) is 3. The van der Waals surface area contributed by atoms with E-state index in [1.54, 1.807) is 0 Å². The highest BCUT2D eigenvalue weighted by Crippen LogP contribution is 2.45. The van der Waals surface area contributed by atoms with Gasteiger partial charge < -0.3 is 51.3 Å². The zero-order valence-corrected chi connectivity index (χ0v) is 55.8. The maximum atomic E-state index is 10.5. The van der Waals surface area contributed by atoms with Gasteiger partial charge in [0, 0.05) is 85.2 Å². The highest BCUT2D eigenvalue weighted by atomic mass is 28.5. The summed E-state index contributed by atoms with van der Waals surface area (Å²) in [5.74, 6) is 0. The van der Waals surface area contributed by atoms with Crippen LogP contribution in [0.3, 0.4) is 0 Å². The molecule has 3 heterocycles. The first kappa shape index (κ1) is 71.7. The molecule has 0 bridgehead atoms. The Balaban J connectivity index is 0.00000119. The largest absolute Gasteiger partial charge is 0.436 e. The molecule has 14 nitrogen and oxygen atoms in total. The van der Waals surface area contributed by atoms with Gasteiger partial charge >= 0.3 is 17.1 Å². The molecular weight excluding hydrogens is 997 g/mol. The van der Waals surface area contributed by atoms with Crippen LogP contribution >= 0.6 is 0 Å². The lowest BCUT2D eigenvalue weighted by molar-refractivity contribution is 0.00605. The summed E-state index contributed by atoms with van der Waals surface area (Å²) >= 11 is 0. The predicted molar refractivity (Wildman–Crippen MR) is 316 cm³/mol. The molecule has 0 radical (unpaired) electrons. The fraction of sp³-hybridized carbons (Fsp3) is 1.00. The van der Waals surface area contributed by atoms with Crippen molar-refractivity contribution >= 4 is 50.4 Å². The van der Waals surface area contributed by atoms with E-state index in [-0.39, 0.29) is 34.2 Å². The molecule has 3 saturated heterocycles. The molecule has 0 aromatic carbocycles. The SMILES string of the molecule is C.CC(C)(C)[Si](C)(C)O[Si](C)(CCCOCC(O)CN1CCN(CCO)CC1)O[Si](C)(C)C(C)(C)C.CC(C)(C)[Si](C)(C)O[Si](C)(CCCOCC1CO1)O[Si](C)(C)C(C)(C)C.OCCN1CCNCC1. The summed E-state index contributed by atoms with van der Waals surface area (Å²) in [6.45, 7) is 64.9. The van der Waals surface area contributed by atoms with Gasteiger partial charge in [0.1, 0.15) is 6.10 Å². The zero-order valence-electron chi connectivity index (χ0n) is 49.8. The van der Waals surface area contributed by atoms with Crippen LogP contribution in [-0.4, -0.2) is 211 Å². The fourth-order valence-electron chi connectivity index (χ4n) is 7.37. The average molecular weight is 1120 g/mol. The number of hydrogen-bond donors (Lipinski definition) is 4. The first-order valence-corrected chi connectivity index (χ1v) is 43.8. The maximum Gasteiger partial charge on any atom is 0.314 e. The number of β-amino-alcohol motifs (C(OH)–C–C–N with tert-alkyl or cyclic N) is 3. The van der Waals surface area contributed by atoms with Crippen molar-refractivity contribution in [1.82, 2.24) is 20.0 Å². The van der Waals surface area contributed by atoms with Gasteiger partial charge in [0.25, 0.3) is 0 Å². The minimum atomic E-state index is -2.42. The number of piperazine rings is 2. The van der Waals surface area contributed by atoms with Crippen molar-refractivity contribution in [2.75, 3.05) is 118 Å². The predicted octanol–water partition coefficient (Wildman–Crippen LogP) is 9.91. The molecule has 428 valence electrons. The molecule has 0 saturated carbocycles. The van der Waals surface area contributed by atoms with Crippen LogP contribution in [0.5, 0.6) is 0 Å². The Morgan fingerprint density at radius 1 is 0.535 bits per heavy atom. The molecule has 2 unspecified atom stereocenters. The molecule has 4 N–H and O–H groups in total. The van der Waals surface area contributed by atoms with E-state index in [4.69, 9.17) is 40.9 Å². The molecule has 20 heteroatoms. The van der Waals surface area contributed by atoms with Crippen molar-refractivity contribution in [3.8, 4) is 0 Å². The molecule has 3 aliphatic rings. The molecule has 3 fully saturated rings. The zero-order chi connectivity index (χ0) is 54.1. The van der Waals surface area contributed by atoms with Crippen molar-refractivity contribution in [3.63, 3.8) is 0 Å². The van der Waals surface area contributed by atoms with Crippen molar-refractivity contribution in [3.05, 3.63) is 0 Å². The summed E-state index contributed by atoms with van der Waals surface area (Å²) in [4.78, 5) is 6.81. The van der Waals surface area contributed by atoms with Crippen LogP contribution < -0.4 is 5.32 Å². The van der Waals surface area contributed by atoms with Gasteiger partial charge in [-0.2, -0.15) is 0 Å². The maximum absolute atomic E-state index is 10.5. The molecule has 71 heavy (non-hydrogen) atoms. The smallest absolute Gasteiger partial charge is 0.314 e. The van der Waals surface area contributed by atoms with Crippen molar-refractivity contribution in [1.29, 1.82) is 0 Å². The van der Waals surface area contributed by atoms with E-state index >= 15 is 0 Å². The number of hydrogen-bond acceptors (Lipinski definition) is 14. The normalized spacial score (nSPS) is 19.3. The van der Waals surface area contributed by atoms with Crippen molar-refractivity contribution in [2.45, 2.75) is 213 Å². The molecule has 0 amide bonds. The summed E-state index contributed by atoms with van der Waals surface area (Å²) in [6.07, 6.45) is 1.75. The lowest BCUT2D eigenvalue weighted by Gasteiger charge is -2.48. The molecule has 0 aliphatic carbocycles. The van der Waals surface area contributed by atoms with Crippen LogP contribution in [0, 0.1) is 0 Å². The van der Waals surface area contributed by atoms with Gasteiger partial charge in [-0.15, -0.1) is 0 Å². The Morgan fingerprint density at radius 3 is 1.18 bits per heavy atom. The number of aliphatic hydroxyl groups is 3. The lowest BCUT2D eigenvalue weighted by atomic mass is 10.2. The highest BCUT2D eigenvalue weighted by molar-refractivity contribution is 6.91. The third kappa shape index (κ3) is 27.8. The van der Waals surface area contributed by atoms with Crippen LogP contribution in [0.4, 0.5) is 0 Å². The summed E-state index contributed by atoms with van der Waals surface area (Å²) in [5.41, 5.74) is 0. The number of nitrogens with one attached hydrogen (secondary N) is 1. The van der Waals surface area contributed by atoms with Gasteiger partial charge in [-0.25, -0.2) is 0 Å². The standard InChI is InChI=1S/C25H58N2O5Si3.C19H44O4Si3.C6H14N2O.CH4/c1-24(2,3)33(7,8)31-35(11,32-34(9,10)25(4,5)6)20-12-19-30-22-23(29)21-27-15-13-26(14-16-27)17-18-28;1-18(2,3)24(7,8)22-26(11,23-25(9,10)19(4,5)6)14-12-13-20-15-17-16-21-17;9-6-5-8-3-1-7-2-4-8;/h23,28-29H,12-22H2,1-11H3;17H,12-16H2,1-11H3;7,9H,1-6H2;1H4. The Morgan fingerprint density at radius 2 is 0.859 bits per heavy atom. The molecule has 3 rings (SSSR count). The third-order valence-electron chi connectivity index (χ3n) is 15.9. The Hall–Kier alpha value is 0.741.